The summed E-state index contributed by atoms with van der Waals surface area (Å²) < 4.78 is 1.82. The Morgan fingerprint density at radius 1 is 0.933 bits per heavy atom. The first-order valence-corrected chi connectivity index (χ1v) is 9.92. The molecule has 30 heavy (non-hydrogen) atoms. The smallest absolute Gasteiger partial charge is 0.259 e. The molecular weight excluding hydrogens is 380 g/mol. The number of hydrogen-bond acceptors (Lipinski definition) is 5. The van der Waals surface area contributed by atoms with Gasteiger partial charge in [-0.1, -0.05) is 6.92 Å². The molecule has 0 N–H and O–H groups in total. The van der Waals surface area contributed by atoms with Crippen LogP contribution < -0.4 is 4.90 Å². The topological polar surface area (TPSA) is 74.1 Å². The van der Waals surface area contributed by atoms with E-state index in [9.17, 15) is 9.59 Å². The van der Waals surface area contributed by atoms with E-state index in [4.69, 9.17) is 0 Å². The summed E-state index contributed by atoms with van der Waals surface area (Å²) in [6, 6.07) is 6.97. The van der Waals surface area contributed by atoms with Crippen molar-refractivity contribution in [2.24, 2.45) is 0 Å². The van der Waals surface area contributed by atoms with Crippen molar-refractivity contribution in [1.29, 1.82) is 0 Å². The number of fused-ring (bicyclic) bond motifs is 1. The van der Waals surface area contributed by atoms with Crippen LogP contribution in [0.1, 0.15) is 33.3 Å². The lowest BCUT2D eigenvalue weighted by Crippen LogP contribution is -2.33. The van der Waals surface area contributed by atoms with E-state index in [-0.39, 0.29) is 11.8 Å². The van der Waals surface area contributed by atoms with Gasteiger partial charge in [-0.25, -0.2) is 4.98 Å². The molecule has 3 rings (SSSR count). The van der Waals surface area contributed by atoms with E-state index in [0.29, 0.717) is 35.6 Å². The Hall–Kier alpha value is -3.26. The van der Waals surface area contributed by atoms with E-state index in [1.54, 1.807) is 60.7 Å². The highest BCUT2D eigenvalue weighted by molar-refractivity contribution is 6.05. The molecule has 0 spiro atoms. The van der Waals surface area contributed by atoms with Crippen molar-refractivity contribution in [1.82, 2.24) is 24.2 Å². The lowest BCUT2D eigenvalue weighted by molar-refractivity contribution is 0.0785. The van der Waals surface area contributed by atoms with Gasteiger partial charge in [0.05, 0.1) is 11.3 Å². The fourth-order valence-corrected chi connectivity index (χ4v) is 3.26. The molecule has 0 aliphatic carbocycles. The van der Waals surface area contributed by atoms with E-state index in [1.165, 1.54) is 0 Å². The average molecular weight is 409 g/mol. The molecule has 0 saturated heterocycles. The zero-order valence-corrected chi connectivity index (χ0v) is 18.2. The van der Waals surface area contributed by atoms with Crippen LogP contribution in [-0.2, 0) is 6.42 Å². The molecule has 0 aliphatic rings. The first kappa shape index (κ1) is 21.4. The molecule has 0 atom stereocenters. The number of nitrogens with zero attached hydrogens (tertiary/aromatic N) is 6. The van der Waals surface area contributed by atoms with E-state index in [2.05, 4.69) is 9.97 Å². The van der Waals surface area contributed by atoms with Crippen LogP contribution in [0.4, 0.5) is 5.82 Å². The number of pyridine rings is 2. The number of imidazole rings is 1. The van der Waals surface area contributed by atoms with Crippen LogP contribution in [0.15, 0.2) is 42.9 Å². The molecule has 0 saturated carbocycles. The third-order valence-electron chi connectivity index (χ3n) is 5.02. The number of carbonyl (C=O) groups excluding carboxylic acids is 2. The lowest BCUT2D eigenvalue weighted by atomic mass is 10.2. The molecule has 3 aromatic rings. The molecule has 158 valence electrons. The summed E-state index contributed by atoms with van der Waals surface area (Å²) in [6.07, 6.45) is 5.62. The van der Waals surface area contributed by atoms with Crippen LogP contribution in [0.3, 0.4) is 0 Å². The van der Waals surface area contributed by atoms with Gasteiger partial charge in [-0.2, -0.15) is 0 Å². The van der Waals surface area contributed by atoms with Crippen molar-refractivity contribution in [3.05, 3.63) is 59.7 Å². The monoisotopic (exact) mass is 408 g/mol. The fraction of sp³-hybridized carbons (Fsp3) is 0.364. The first-order valence-electron chi connectivity index (χ1n) is 9.92. The molecule has 8 nitrogen and oxygen atoms in total. The molecule has 0 unspecified atom stereocenters. The molecule has 0 aromatic carbocycles. The fourth-order valence-electron chi connectivity index (χ4n) is 3.26. The normalized spacial score (nSPS) is 11.1. The van der Waals surface area contributed by atoms with Gasteiger partial charge in [0.2, 0.25) is 0 Å². The van der Waals surface area contributed by atoms with Gasteiger partial charge >= 0.3 is 0 Å². The maximum atomic E-state index is 13.0. The van der Waals surface area contributed by atoms with E-state index < -0.39 is 0 Å². The number of likely N-dealkylation sites (N-methyl/N-ethyl adjacent to an activating group) is 2. The Bertz CT molecular complexity index is 1040. The van der Waals surface area contributed by atoms with E-state index in [1.807, 2.05) is 36.4 Å². The van der Waals surface area contributed by atoms with Crippen LogP contribution in [0, 0.1) is 0 Å². The quantitative estimate of drug-likeness (QED) is 0.599. The highest BCUT2D eigenvalue weighted by Gasteiger charge is 2.22. The van der Waals surface area contributed by atoms with Crippen molar-refractivity contribution >= 4 is 23.3 Å². The third kappa shape index (κ3) is 4.33. The van der Waals surface area contributed by atoms with E-state index >= 15 is 0 Å². The zero-order chi connectivity index (χ0) is 21.8. The van der Waals surface area contributed by atoms with Gasteiger partial charge in [0.25, 0.3) is 11.8 Å². The number of anilines is 1. The molecule has 0 bridgehead atoms. The van der Waals surface area contributed by atoms with Crippen molar-refractivity contribution < 1.29 is 9.59 Å². The Morgan fingerprint density at radius 3 is 2.27 bits per heavy atom. The largest absolute Gasteiger partial charge is 0.340 e. The minimum atomic E-state index is -0.159. The summed E-state index contributed by atoms with van der Waals surface area (Å²) in [5, 5.41) is 0. The van der Waals surface area contributed by atoms with Gasteiger partial charge in [-0.15, -0.1) is 0 Å². The van der Waals surface area contributed by atoms with Gasteiger partial charge in [0.1, 0.15) is 11.5 Å². The molecule has 0 radical (unpaired) electrons. The predicted molar refractivity (Wildman–Crippen MR) is 117 cm³/mol. The van der Waals surface area contributed by atoms with Crippen molar-refractivity contribution in [3.63, 3.8) is 0 Å². The van der Waals surface area contributed by atoms with Gasteiger partial charge in [-0.05, 0) is 44.8 Å². The SMILES string of the molecule is CCc1nc2ccc(C(=O)N(C)CCN(C)C)cn2c1N(C)C(=O)c1ccncc1. The molecule has 3 aromatic heterocycles. The lowest BCUT2D eigenvalue weighted by Gasteiger charge is -2.21. The van der Waals surface area contributed by atoms with Crippen molar-refractivity contribution in [2.75, 3.05) is 46.2 Å². The Labute approximate surface area is 176 Å². The summed E-state index contributed by atoms with van der Waals surface area (Å²) in [5.74, 6) is 0.438. The summed E-state index contributed by atoms with van der Waals surface area (Å²) in [4.78, 5) is 39.9. The first-order chi connectivity index (χ1) is 14.3. The van der Waals surface area contributed by atoms with Crippen molar-refractivity contribution in [3.8, 4) is 0 Å². The second-order valence-corrected chi connectivity index (χ2v) is 7.51. The molecule has 0 fully saturated rings. The molecule has 0 aliphatic heterocycles. The number of aryl methyl sites for hydroxylation is 1. The summed E-state index contributed by atoms with van der Waals surface area (Å²) >= 11 is 0. The van der Waals surface area contributed by atoms with Crippen LogP contribution >= 0.6 is 0 Å². The minimum absolute atomic E-state index is 0.0699. The second-order valence-electron chi connectivity index (χ2n) is 7.51. The number of rotatable bonds is 7. The highest BCUT2D eigenvalue weighted by Crippen LogP contribution is 2.25. The maximum absolute atomic E-state index is 13.0. The van der Waals surface area contributed by atoms with Gasteiger partial charge < -0.3 is 9.80 Å². The Balaban J connectivity index is 1.99. The third-order valence-corrected chi connectivity index (χ3v) is 5.02. The standard InChI is InChI=1S/C22H28N6O2/c1-6-18-20(27(5)22(30)16-9-11-23-12-10-16)28-15-17(7-8-19(28)24-18)21(29)26(4)14-13-25(2)3/h7-12,15H,6,13-14H2,1-5H3. The van der Waals surface area contributed by atoms with Crippen LogP contribution in [0.2, 0.25) is 0 Å². The average Bonchev–Trinajstić information content (AvgIpc) is 3.14. The van der Waals surface area contributed by atoms with Crippen LogP contribution in [0.25, 0.3) is 5.65 Å². The summed E-state index contributed by atoms with van der Waals surface area (Å²) in [7, 11) is 7.47. The Kier molecular flexibility index (Phi) is 6.47. The van der Waals surface area contributed by atoms with Crippen LogP contribution in [-0.4, -0.2) is 77.3 Å². The summed E-state index contributed by atoms with van der Waals surface area (Å²) in [5.41, 5.74) is 2.59. The number of carbonyl (C=O) groups is 2. The number of hydrogen-bond donors (Lipinski definition) is 0. The molecular formula is C22H28N6O2. The minimum Gasteiger partial charge on any atom is -0.340 e. The molecule has 2 amide bonds. The van der Waals surface area contributed by atoms with Gasteiger partial charge in [0, 0.05) is 51.3 Å². The second kappa shape index (κ2) is 9.04. The maximum Gasteiger partial charge on any atom is 0.259 e. The Morgan fingerprint density at radius 2 is 1.63 bits per heavy atom. The van der Waals surface area contributed by atoms with E-state index in [0.717, 1.165) is 12.2 Å². The number of aromatic nitrogens is 3. The molecule has 3 heterocycles. The van der Waals surface area contributed by atoms with Gasteiger partial charge in [0.15, 0.2) is 0 Å². The zero-order valence-electron chi connectivity index (χ0n) is 18.2. The highest BCUT2D eigenvalue weighted by atomic mass is 16.2. The predicted octanol–water partition coefficient (Wildman–Crippen LogP) is 2.20. The summed E-state index contributed by atoms with van der Waals surface area (Å²) in [6.45, 7) is 3.41. The number of amides is 2. The van der Waals surface area contributed by atoms with Crippen LogP contribution in [0.5, 0.6) is 0 Å². The van der Waals surface area contributed by atoms with Crippen molar-refractivity contribution in [2.45, 2.75) is 13.3 Å². The molecule has 8 heteroatoms. The van der Waals surface area contributed by atoms with Gasteiger partial charge in [-0.3, -0.25) is 23.9 Å².